The average molecular weight is 305 g/mol. The summed E-state index contributed by atoms with van der Waals surface area (Å²) in [4.78, 5) is 14.6. The second kappa shape index (κ2) is 7.07. The number of anilines is 1. The highest BCUT2D eigenvalue weighted by atomic mass is 16.5. The molecule has 0 spiro atoms. The molecular weight excluding hydrogens is 290 g/mol. The Kier molecular flexibility index (Phi) is 4.91. The molecule has 116 valence electrons. The highest BCUT2D eigenvalue weighted by molar-refractivity contribution is 5.85. The predicted octanol–water partition coefficient (Wildman–Crippen LogP) is 0.637. The number of ether oxygens (including phenoxy) is 3. The molecule has 1 aromatic carbocycles. The Morgan fingerprint density at radius 2 is 1.82 bits per heavy atom. The minimum atomic E-state index is -0.566. The number of rotatable bonds is 6. The second-order valence-corrected chi connectivity index (χ2v) is 3.99. The molecule has 2 N–H and O–H groups in total. The van der Waals surface area contributed by atoms with E-state index in [1.54, 1.807) is 12.1 Å². The van der Waals surface area contributed by atoms with Crippen molar-refractivity contribution >= 4 is 12.0 Å². The van der Waals surface area contributed by atoms with Gasteiger partial charge in [-0.3, -0.25) is 5.43 Å². The summed E-state index contributed by atoms with van der Waals surface area (Å²) in [5.74, 6) is 1.87. The van der Waals surface area contributed by atoms with Crippen molar-refractivity contribution in [3.8, 4) is 17.2 Å². The molecule has 9 nitrogen and oxygen atoms in total. The molecule has 0 aliphatic heterocycles. The van der Waals surface area contributed by atoms with E-state index in [9.17, 15) is 4.79 Å². The van der Waals surface area contributed by atoms with E-state index < -0.39 is 5.69 Å². The maximum Gasteiger partial charge on any atom is 0.363 e. The minimum Gasteiger partial charge on any atom is -0.496 e. The molecule has 0 unspecified atom stereocenters. The summed E-state index contributed by atoms with van der Waals surface area (Å²) in [5, 5.41) is 9.75. The van der Waals surface area contributed by atoms with Crippen LogP contribution in [0.25, 0.3) is 0 Å². The van der Waals surface area contributed by atoms with Crippen molar-refractivity contribution in [2.45, 2.75) is 0 Å². The monoisotopic (exact) mass is 305 g/mol. The average Bonchev–Trinajstić information content (AvgIpc) is 2.54. The number of hydrazone groups is 1. The highest BCUT2D eigenvalue weighted by Crippen LogP contribution is 2.33. The zero-order valence-electron chi connectivity index (χ0n) is 12.3. The van der Waals surface area contributed by atoms with Crippen LogP contribution >= 0.6 is 0 Å². The van der Waals surface area contributed by atoms with Gasteiger partial charge in [-0.1, -0.05) is 0 Å². The Morgan fingerprint density at radius 1 is 1.14 bits per heavy atom. The van der Waals surface area contributed by atoms with Crippen LogP contribution in [-0.2, 0) is 0 Å². The van der Waals surface area contributed by atoms with E-state index in [0.29, 0.717) is 22.8 Å². The van der Waals surface area contributed by atoms with Gasteiger partial charge >= 0.3 is 5.69 Å². The molecule has 0 aliphatic rings. The molecule has 0 atom stereocenters. The SMILES string of the molecule is COc1cc(OC)c(OC)cc1/C=N/Nc1cn[nH]c(=O)n1. The van der Waals surface area contributed by atoms with Crippen molar-refractivity contribution in [3.05, 3.63) is 34.4 Å². The van der Waals surface area contributed by atoms with Gasteiger partial charge in [0.05, 0.1) is 33.7 Å². The van der Waals surface area contributed by atoms with Crippen LogP contribution in [0.3, 0.4) is 0 Å². The van der Waals surface area contributed by atoms with Crippen LogP contribution < -0.4 is 25.3 Å². The lowest BCUT2D eigenvalue weighted by molar-refractivity contribution is 0.349. The maximum atomic E-state index is 11.0. The van der Waals surface area contributed by atoms with Crippen molar-refractivity contribution in [2.24, 2.45) is 5.10 Å². The summed E-state index contributed by atoms with van der Waals surface area (Å²) in [7, 11) is 4.61. The number of hydrogen-bond acceptors (Lipinski definition) is 8. The Labute approximate surface area is 125 Å². The first kappa shape index (κ1) is 15.3. The molecule has 1 aromatic heterocycles. The Bertz CT molecular complexity index is 729. The molecule has 0 saturated carbocycles. The molecule has 0 amide bonds. The first-order valence-corrected chi connectivity index (χ1v) is 6.18. The van der Waals surface area contributed by atoms with Gasteiger partial charge in [0.1, 0.15) is 5.75 Å². The summed E-state index contributed by atoms with van der Waals surface area (Å²) < 4.78 is 15.7. The Morgan fingerprint density at radius 3 is 2.45 bits per heavy atom. The molecule has 0 fully saturated rings. The summed E-state index contributed by atoms with van der Waals surface area (Å²) in [6, 6.07) is 3.40. The Hall–Kier alpha value is -3.10. The highest BCUT2D eigenvalue weighted by Gasteiger charge is 2.10. The molecule has 9 heteroatoms. The first-order valence-electron chi connectivity index (χ1n) is 6.18. The van der Waals surface area contributed by atoms with E-state index in [1.807, 2.05) is 0 Å². The third-order valence-electron chi connectivity index (χ3n) is 2.69. The van der Waals surface area contributed by atoms with Gasteiger partial charge in [-0.15, -0.1) is 0 Å². The van der Waals surface area contributed by atoms with Crippen molar-refractivity contribution in [1.82, 2.24) is 15.2 Å². The lowest BCUT2D eigenvalue weighted by atomic mass is 10.2. The van der Waals surface area contributed by atoms with Crippen molar-refractivity contribution in [3.63, 3.8) is 0 Å². The van der Waals surface area contributed by atoms with Crippen LogP contribution in [0.2, 0.25) is 0 Å². The van der Waals surface area contributed by atoms with Crippen LogP contribution in [0.4, 0.5) is 5.82 Å². The zero-order chi connectivity index (χ0) is 15.9. The van der Waals surface area contributed by atoms with E-state index in [2.05, 4.69) is 25.7 Å². The number of nitrogens with zero attached hydrogens (tertiary/aromatic N) is 3. The lowest BCUT2D eigenvalue weighted by Crippen LogP contribution is -2.13. The normalized spacial score (nSPS) is 10.5. The fourth-order valence-corrected chi connectivity index (χ4v) is 1.69. The maximum absolute atomic E-state index is 11.0. The molecular formula is C13H15N5O4. The van der Waals surface area contributed by atoms with Gasteiger partial charge in [-0.2, -0.15) is 15.2 Å². The van der Waals surface area contributed by atoms with Crippen molar-refractivity contribution in [2.75, 3.05) is 26.8 Å². The molecule has 1 heterocycles. The van der Waals surface area contributed by atoms with Gasteiger partial charge in [0.2, 0.25) is 0 Å². The molecule has 2 rings (SSSR count). The number of aromatic nitrogens is 3. The number of methoxy groups -OCH3 is 3. The van der Waals surface area contributed by atoms with Crippen LogP contribution in [0.5, 0.6) is 17.2 Å². The predicted molar refractivity (Wildman–Crippen MR) is 80.0 cm³/mol. The van der Waals surface area contributed by atoms with Crippen LogP contribution in [-0.4, -0.2) is 42.7 Å². The summed E-state index contributed by atoms with van der Waals surface area (Å²) in [6.07, 6.45) is 2.84. The van der Waals surface area contributed by atoms with Gasteiger partial charge in [0, 0.05) is 11.6 Å². The smallest absolute Gasteiger partial charge is 0.363 e. The van der Waals surface area contributed by atoms with E-state index in [-0.39, 0.29) is 5.82 Å². The summed E-state index contributed by atoms with van der Waals surface area (Å²) >= 11 is 0. The Balaban J connectivity index is 2.24. The standard InChI is InChI=1S/C13H15N5O4/c1-20-9-5-11(22-3)10(21-2)4-8(9)6-14-17-12-7-15-18-13(19)16-12/h4-7H,1-3H3,(H2,16,17,18,19)/b14-6+. The number of aromatic amines is 1. The van der Waals surface area contributed by atoms with Gasteiger partial charge < -0.3 is 14.2 Å². The van der Waals surface area contributed by atoms with Gasteiger partial charge in [0.25, 0.3) is 0 Å². The van der Waals surface area contributed by atoms with Crippen molar-refractivity contribution in [1.29, 1.82) is 0 Å². The van der Waals surface area contributed by atoms with Crippen LogP contribution in [0, 0.1) is 0 Å². The summed E-state index contributed by atoms with van der Waals surface area (Å²) in [5.41, 5.74) is 2.69. The third kappa shape index (κ3) is 3.51. The van der Waals surface area contributed by atoms with E-state index in [1.165, 1.54) is 33.7 Å². The van der Waals surface area contributed by atoms with Gasteiger partial charge in [-0.25, -0.2) is 9.89 Å². The lowest BCUT2D eigenvalue weighted by Gasteiger charge is -2.11. The molecule has 0 bridgehead atoms. The van der Waals surface area contributed by atoms with E-state index in [0.717, 1.165) is 0 Å². The third-order valence-corrected chi connectivity index (χ3v) is 2.69. The van der Waals surface area contributed by atoms with Gasteiger partial charge in [0.15, 0.2) is 17.3 Å². The zero-order valence-corrected chi connectivity index (χ0v) is 12.3. The first-order chi connectivity index (χ1) is 10.7. The number of nitrogens with one attached hydrogen (secondary N) is 2. The van der Waals surface area contributed by atoms with Crippen LogP contribution in [0.15, 0.2) is 28.2 Å². The summed E-state index contributed by atoms with van der Waals surface area (Å²) in [6.45, 7) is 0. The quantitative estimate of drug-likeness (QED) is 0.595. The molecule has 22 heavy (non-hydrogen) atoms. The van der Waals surface area contributed by atoms with Crippen molar-refractivity contribution < 1.29 is 14.2 Å². The largest absolute Gasteiger partial charge is 0.496 e. The van der Waals surface area contributed by atoms with E-state index in [4.69, 9.17) is 14.2 Å². The molecule has 0 aliphatic carbocycles. The molecule has 2 aromatic rings. The number of H-pyrrole nitrogens is 1. The molecule has 0 radical (unpaired) electrons. The van der Waals surface area contributed by atoms with Gasteiger partial charge in [-0.05, 0) is 6.07 Å². The molecule has 0 saturated heterocycles. The number of benzene rings is 1. The number of hydrogen-bond donors (Lipinski definition) is 2. The topological polar surface area (TPSA) is 111 Å². The van der Waals surface area contributed by atoms with E-state index >= 15 is 0 Å². The minimum absolute atomic E-state index is 0.222. The second-order valence-electron chi connectivity index (χ2n) is 3.99. The fourth-order valence-electron chi connectivity index (χ4n) is 1.69. The fraction of sp³-hybridized carbons (Fsp3) is 0.231. The van der Waals surface area contributed by atoms with Crippen LogP contribution in [0.1, 0.15) is 5.56 Å².